The van der Waals surface area contributed by atoms with E-state index in [1.807, 2.05) is 30.8 Å². The topological polar surface area (TPSA) is 47.9 Å². The van der Waals surface area contributed by atoms with Gasteiger partial charge in [-0.25, -0.2) is 15.0 Å². The van der Waals surface area contributed by atoms with Crippen LogP contribution >= 0.6 is 27.7 Å². The van der Waals surface area contributed by atoms with Crippen LogP contribution in [0.15, 0.2) is 40.1 Å². The summed E-state index contributed by atoms with van der Waals surface area (Å²) in [5.41, 5.74) is 0. The number of rotatable bonds is 5. The van der Waals surface area contributed by atoms with Gasteiger partial charge in [-0.05, 0) is 53.4 Å². The minimum absolute atomic E-state index is 0.254. The van der Waals surface area contributed by atoms with E-state index in [1.165, 1.54) is 0 Å². The maximum atomic E-state index is 5.96. The number of nitrogens with zero attached hydrogens (tertiary/aromatic N) is 3. The van der Waals surface area contributed by atoms with Crippen LogP contribution in [0.2, 0.25) is 0 Å². The van der Waals surface area contributed by atoms with Crippen LogP contribution in [0.5, 0.6) is 5.88 Å². The third kappa shape index (κ3) is 4.20. The van der Waals surface area contributed by atoms with Crippen molar-refractivity contribution in [3.05, 3.63) is 41.0 Å². The van der Waals surface area contributed by atoms with Crippen molar-refractivity contribution in [2.45, 2.75) is 36.7 Å². The Hall–Kier alpha value is -1.14. The van der Waals surface area contributed by atoms with Gasteiger partial charge in [-0.15, -0.1) is 11.8 Å². The van der Waals surface area contributed by atoms with Crippen LogP contribution < -0.4 is 4.74 Å². The first-order valence-electron chi connectivity index (χ1n) is 7.36. The second-order valence-electron chi connectivity index (χ2n) is 5.48. The van der Waals surface area contributed by atoms with Gasteiger partial charge in [-0.3, -0.25) is 0 Å². The Balaban J connectivity index is 1.52. The lowest BCUT2D eigenvalue weighted by Gasteiger charge is -2.13. The number of hydrogen-bond donors (Lipinski definition) is 0. The van der Waals surface area contributed by atoms with Gasteiger partial charge in [0.15, 0.2) is 0 Å². The lowest BCUT2D eigenvalue weighted by Crippen LogP contribution is -2.14. The van der Waals surface area contributed by atoms with Gasteiger partial charge in [0.2, 0.25) is 5.88 Å². The van der Waals surface area contributed by atoms with Crippen molar-refractivity contribution in [3.8, 4) is 5.88 Å². The second kappa shape index (κ2) is 7.42. The van der Waals surface area contributed by atoms with Crippen molar-refractivity contribution in [3.63, 3.8) is 0 Å². The fourth-order valence-corrected chi connectivity index (χ4v) is 3.29. The molecule has 4 nitrogen and oxygen atoms in total. The lowest BCUT2D eigenvalue weighted by molar-refractivity contribution is 0.195. The van der Waals surface area contributed by atoms with E-state index in [4.69, 9.17) is 4.74 Å². The number of pyridine rings is 1. The predicted octanol–water partition coefficient (Wildman–Crippen LogP) is 4.15. The molecule has 6 heteroatoms. The Bertz CT molecular complexity index is 606. The van der Waals surface area contributed by atoms with Crippen molar-refractivity contribution < 1.29 is 4.74 Å². The van der Waals surface area contributed by atoms with E-state index in [0.29, 0.717) is 11.8 Å². The summed E-state index contributed by atoms with van der Waals surface area (Å²) in [6.45, 7) is 0. The van der Waals surface area contributed by atoms with Crippen LogP contribution in [0.4, 0.5) is 0 Å². The molecule has 0 bridgehead atoms. The highest BCUT2D eigenvalue weighted by Gasteiger charge is 2.27. The summed E-state index contributed by atoms with van der Waals surface area (Å²) >= 11 is 5.05. The molecule has 0 N–H and O–H groups in total. The largest absolute Gasteiger partial charge is 0.474 e. The molecule has 2 atom stereocenters. The third-order valence-corrected chi connectivity index (χ3v) is 5.02. The molecule has 0 radical (unpaired) electrons. The van der Waals surface area contributed by atoms with Crippen molar-refractivity contribution >= 4 is 27.7 Å². The fourth-order valence-electron chi connectivity index (χ4n) is 2.74. The zero-order valence-corrected chi connectivity index (χ0v) is 14.8. The Labute approximate surface area is 143 Å². The average Bonchev–Trinajstić information content (AvgIpc) is 2.97. The molecule has 0 saturated heterocycles. The van der Waals surface area contributed by atoms with Gasteiger partial charge in [0.05, 0.1) is 0 Å². The Kier molecular flexibility index (Phi) is 5.31. The van der Waals surface area contributed by atoms with Gasteiger partial charge < -0.3 is 4.74 Å². The van der Waals surface area contributed by atoms with E-state index in [0.717, 1.165) is 40.9 Å². The van der Waals surface area contributed by atoms with E-state index in [1.54, 1.807) is 18.0 Å². The second-order valence-corrected chi connectivity index (χ2v) is 7.27. The highest BCUT2D eigenvalue weighted by molar-refractivity contribution is 9.10. The summed E-state index contributed by atoms with van der Waals surface area (Å²) in [5.74, 6) is 2.24. The van der Waals surface area contributed by atoms with Gasteiger partial charge in [-0.1, -0.05) is 0 Å². The minimum Gasteiger partial charge on any atom is -0.474 e. The molecule has 1 saturated carbocycles. The zero-order valence-electron chi connectivity index (χ0n) is 12.4. The molecule has 1 fully saturated rings. The van der Waals surface area contributed by atoms with Crippen molar-refractivity contribution in [2.24, 2.45) is 5.92 Å². The van der Waals surface area contributed by atoms with E-state index in [2.05, 4.69) is 30.9 Å². The molecule has 2 aromatic heterocycles. The molecule has 0 aromatic carbocycles. The van der Waals surface area contributed by atoms with Crippen LogP contribution in [0, 0.1) is 5.92 Å². The predicted molar refractivity (Wildman–Crippen MR) is 91.2 cm³/mol. The molecule has 2 aromatic rings. The molecule has 22 heavy (non-hydrogen) atoms. The molecule has 3 rings (SSSR count). The summed E-state index contributed by atoms with van der Waals surface area (Å²) in [6.07, 6.45) is 12.1. The van der Waals surface area contributed by atoms with E-state index in [-0.39, 0.29) is 6.10 Å². The first kappa shape index (κ1) is 15.7. The summed E-state index contributed by atoms with van der Waals surface area (Å²) in [4.78, 5) is 14.3. The molecule has 0 amide bonds. The van der Waals surface area contributed by atoms with Crippen LogP contribution in [0.1, 0.15) is 25.1 Å². The average molecular weight is 380 g/mol. The summed E-state index contributed by atoms with van der Waals surface area (Å²) < 4.78 is 6.93. The highest BCUT2D eigenvalue weighted by Crippen LogP contribution is 2.30. The molecular formula is C16H18BrN3OS. The Morgan fingerprint density at radius 2 is 2.00 bits per heavy atom. The van der Waals surface area contributed by atoms with E-state index < -0.39 is 0 Å². The first-order chi connectivity index (χ1) is 10.7. The minimum atomic E-state index is 0.254. The normalized spacial score (nSPS) is 21.0. The SMILES string of the molecule is CSc1cnc(C[C@H]2CC[C@H](Oc3ccc(Br)cn3)C2)nc1. The third-order valence-electron chi connectivity index (χ3n) is 3.87. The summed E-state index contributed by atoms with van der Waals surface area (Å²) in [5, 5.41) is 0. The molecule has 0 unspecified atom stereocenters. The molecular weight excluding hydrogens is 362 g/mol. The summed E-state index contributed by atoms with van der Waals surface area (Å²) in [6, 6.07) is 3.86. The molecule has 116 valence electrons. The van der Waals surface area contributed by atoms with Crippen molar-refractivity contribution in [2.75, 3.05) is 6.26 Å². The summed E-state index contributed by atoms with van der Waals surface area (Å²) in [7, 11) is 0. The maximum absolute atomic E-state index is 5.96. The van der Waals surface area contributed by atoms with Gasteiger partial charge in [0, 0.05) is 40.4 Å². The lowest BCUT2D eigenvalue weighted by atomic mass is 10.0. The quantitative estimate of drug-likeness (QED) is 0.730. The van der Waals surface area contributed by atoms with Crippen LogP contribution in [0.3, 0.4) is 0 Å². The highest BCUT2D eigenvalue weighted by atomic mass is 79.9. The van der Waals surface area contributed by atoms with Gasteiger partial charge >= 0.3 is 0 Å². The number of ether oxygens (including phenoxy) is 1. The van der Waals surface area contributed by atoms with Crippen molar-refractivity contribution in [1.29, 1.82) is 0 Å². The monoisotopic (exact) mass is 379 g/mol. The first-order valence-corrected chi connectivity index (χ1v) is 9.38. The molecule has 0 spiro atoms. The van der Waals surface area contributed by atoms with Crippen LogP contribution in [-0.2, 0) is 6.42 Å². The maximum Gasteiger partial charge on any atom is 0.213 e. The Morgan fingerprint density at radius 3 is 2.68 bits per heavy atom. The van der Waals surface area contributed by atoms with E-state index >= 15 is 0 Å². The van der Waals surface area contributed by atoms with E-state index in [9.17, 15) is 0 Å². The number of hydrogen-bond acceptors (Lipinski definition) is 5. The van der Waals surface area contributed by atoms with Gasteiger partial charge in [0.1, 0.15) is 11.9 Å². The fraction of sp³-hybridized carbons (Fsp3) is 0.438. The van der Waals surface area contributed by atoms with Gasteiger partial charge in [0.25, 0.3) is 0 Å². The van der Waals surface area contributed by atoms with Crippen LogP contribution in [0.25, 0.3) is 0 Å². The molecule has 0 aliphatic heterocycles. The Morgan fingerprint density at radius 1 is 1.18 bits per heavy atom. The smallest absolute Gasteiger partial charge is 0.213 e. The van der Waals surface area contributed by atoms with Gasteiger partial charge in [-0.2, -0.15) is 0 Å². The van der Waals surface area contributed by atoms with Crippen molar-refractivity contribution in [1.82, 2.24) is 15.0 Å². The molecule has 2 heterocycles. The van der Waals surface area contributed by atoms with Crippen LogP contribution in [-0.4, -0.2) is 27.3 Å². The molecule has 1 aliphatic rings. The number of thioether (sulfide) groups is 1. The molecule has 1 aliphatic carbocycles. The zero-order chi connectivity index (χ0) is 15.4. The standard InChI is InChI=1S/C16H18BrN3OS/c1-22-14-9-18-15(19-10-14)7-11-2-4-13(6-11)21-16-5-3-12(17)8-20-16/h3,5,8-11,13H,2,4,6-7H2,1H3/t11-,13-/m0/s1. The number of aromatic nitrogens is 3. The number of halogens is 1.